The standard InChI is InChI=1S/C11H18N4O3/c1-7-4-5-15(8(7)6-16)9-10(17)13(2)11(18)14(3)12-9/h7-8,16H,4-6H2,1-3H3. The number of hydrogen-bond acceptors (Lipinski definition) is 5. The molecule has 0 aliphatic carbocycles. The van der Waals surface area contributed by atoms with Gasteiger partial charge in [-0.1, -0.05) is 6.92 Å². The Balaban J connectivity index is 2.53. The lowest BCUT2D eigenvalue weighted by Crippen LogP contribution is -2.46. The maximum atomic E-state index is 12.1. The van der Waals surface area contributed by atoms with Crippen LogP contribution in [0.4, 0.5) is 5.82 Å². The highest BCUT2D eigenvalue weighted by molar-refractivity contribution is 5.38. The fraction of sp³-hybridized carbons (Fsp3) is 0.727. The van der Waals surface area contributed by atoms with E-state index in [1.807, 2.05) is 6.92 Å². The smallest absolute Gasteiger partial charge is 0.346 e. The highest BCUT2D eigenvalue weighted by Crippen LogP contribution is 2.25. The summed E-state index contributed by atoms with van der Waals surface area (Å²) in [4.78, 5) is 25.4. The van der Waals surface area contributed by atoms with Crippen LogP contribution < -0.4 is 16.1 Å². The molecule has 0 bridgehead atoms. The van der Waals surface area contributed by atoms with Crippen LogP contribution in [0.15, 0.2) is 9.59 Å². The molecule has 2 rings (SSSR count). The molecular weight excluding hydrogens is 236 g/mol. The summed E-state index contributed by atoms with van der Waals surface area (Å²) in [6.45, 7) is 2.69. The largest absolute Gasteiger partial charge is 0.394 e. The van der Waals surface area contributed by atoms with Gasteiger partial charge in [0.15, 0.2) is 0 Å². The van der Waals surface area contributed by atoms with Crippen molar-refractivity contribution in [3.8, 4) is 0 Å². The summed E-state index contributed by atoms with van der Waals surface area (Å²) in [5.74, 6) is 0.543. The van der Waals surface area contributed by atoms with E-state index >= 15 is 0 Å². The number of hydrogen-bond donors (Lipinski definition) is 1. The molecule has 0 saturated carbocycles. The zero-order valence-electron chi connectivity index (χ0n) is 10.8. The van der Waals surface area contributed by atoms with E-state index in [9.17, 15) is 14.7 Å². The van der Waals surface area contributed by atoms with Gasteiger partial charge in [-0.2, -0.15) is 0 Å². The van der Waals surface area contributed by atoms with Crippen LogP contribution >= 0.6 is 0 Å². The van der Waals surface area contributed by atoms with E-state index in [-0.39, 0.29) is 18.5 Å². The number of rotatable bonds is 2. The maximum absolute atomic E-state index is 12.1. The van der Waals surface area contributed by atoms with Crippen LogP contribution in [0.1, 0.15) is 13.3 Å². The average molecular weight is 254 g/mol. The van der Waals surface area contributed by atoms with Crippen molar-refractivity contribution in [2.45, 2.75) is 19.4 Å². The molecular formula is C11H18N4O3. The van der Waals surface area contributed by atoms with E-state index in [0.717, 1.165) is 15.7 Å². The third-order valence-electron chi connectivity index (χ3n) is 3.65. The molecule has 7 nitrogen and oxygen atoms in total. The third-order valence-corrected chi connectivity index (χ3v) is 3.65. The van der Waals surface area contributed by atoms with Crippen LogP contribution in [0.3, 0.4) is 0 Å². The molecule has 0 radical (unpaired) electrons. The first-order valence-corrected chi connectivity index (χ1v) is 5.99. The molecule has 2 atom stereocenters. The number of aromatic nitrogens is 3. The molecule has 0 spiro atoms. The van der Waals surface area contributed by atoms with Crippen LogP contribution in [0.25, 0.3) is 0 Å². The Morgan fingerprint density at radius 1 is 1.39 bits per heavy atom. The van der Waals surface area contributed by atoms with Gasteiger partial charge in [0.25, 0.3) is 5.56 Å². The zero-order valence-corrected chi connectivity index (χ0v) is 10.8. The predicted molar refractivity (Wildman–Crippen MR) is 66.7 cm³/mol. The third kappa shape index (κ3) is 1.84. The average Bonchev–Trinajstić information content (AvgIpc) is 2.72. The molecule has 0 amide bonds. The molecule has 2 heterocycles. The van der Waals surface area contributed by atoms with Crippen LogP contribution in [0.5, 0.6) is 0 Å². The first kappa shape index (κ1) is 12.8. The van der Waals surface area contributed by atoms with Crippen molar-refractivity contribution in [2.24, 2.45) is 20.0 Å². The van der Waals surface area contributed by atoms with Crippen LogP contribution in [0, 0.1) is 5.92 Å². The second-order valence-electron chi connectivity index (χ2n) is 4.80. The molecule has 1 fully saturated rings. The molecule has 18 heavy (non-hydrogen) atoms. The Labute approximate surface area is 104 Å². The van der Waals surface area contributed by atoms with Crippen LogP contribution in [-0.4, -0.2) is 38.6 Å². The minimum Gasteiger partial charge on any atom is -0.394 e. The monoisotopic (exact) mass is 254 g/mol. The molecule has 1 aromatic heterocycles. The molecule has 1 aromatic rings. The molecule has 7 heteroatoms. The van der Waals surface area contributed by atoms with Crippen molar-refractivity contribution in [1.29, 1.82) is 0 Å². The summed E-state index contributed by atoms with van der Waals surface area (Å²) in [7, 11) is 2.95. The predicted octanol–water partition coefficient (Wildman–Crippen LogP) is -1.31. The molecule has 1 aliphatic heterocycles. The molecule has 2 unspecified atom stereocenters. The van der Waals surface area contributed by atoms with Crippen molar-refractivity contribution in [1.82, 2.24) is 14.3 Å². The summed E-state index contributed by atoms with van der Waals surface area (Å²) >= 11 is 0. The number of aliphatic hydroxyl groups excluding tert-OH is 1. The van der Waals surface area contributed by atoms with E-state index in [2.05, 4.69) is 5.10 Å². The Morgan fingerprint density at radius 3 is 2.67 bits per heavy atom. The lowest BCUT2D eigenvalue weighted by molar-refractivity contribution is 0.244. The first-order chi connectivity index (χ1) is 8.47. The molecule has 100 valence electrons. The van der Waals surface area contributed by atoms with E-state index in [4.69, 9.17) is 0 Å². The second kappa shape index (κ2) is 4.56. The van der Waals surface area contributed by atoms with E-state index in [0.29, 0.717) is 12.5 Å². The lowest BCUT2D eigenvalue weighted by Gasteiger charge is -2.25. The van der Waals surface area contributed by atoms with Gasteiger partial charge in [-0.15, -0.1) is 5.10 Å². The maximum Gasteiger partial charge on any atom is 0.346 e. The van der Waals surface area contributed by atoms with Gasteiger partial charge >= 0.3 is 5.69 Å². The Kier molecular flexibility index (Phi) is 3.25. The fourth-order valence-electron chi connectivity index (χ4n) is 2.41. The summed E-state index contributed by atoms with van der Waals surface area (Å²) in [5.41, 5.74) is -0.859. The van der Waals surface area contributed by atoms with Crippen molar-refractivity contribution >= 4 is 5.82 Å². The van der Waals surface area contributed by atoms with Gasteiger partial charge in [-0.25, -0.2) is 9.48 Å². The normalized spacial score (nSPS) is 23.7. The summed E-state index contributed by atoms with van der Waals surface area (Å²) in [5, 5.41) is 13.4. The zero-order chi connectivity index (χ0) is 13.4. The minimum absolute atomic E-state index is 0.0190. The molecule has 1 aliphatic rings. The van der Waals surface area contributed by atoms with E-state index < -0.39 is 11.2 Å². The number of aryl methyl sites for hydroxylation is 1. The molecule has 1 saturated heterocycles. The van der Waals surface area contributed by atoms with Gasteiger partial charge in [-0.05, 0) is 12.3 Å². The van der Waals surface area contributed by atoms with Gasteiger partial charge in [-0.3, -0.25) is 9.36 Å². The molecule has 0 aromatic carbocycles. The summed E-state index contributed by atoms with van der Waals surface area (Å²) in [6, 6.07) is -0.109. The van der Waals surface area contributed by atoms with Crippen LogP contribution in [-0.2, 0) is 14.1 Å². The van der Waals surface area contributed by atoms with Gasteiger partial charge in [0.05, 0.1) is 12.6 Å². The lowest BCUT2D eigenvalue weighted by atomic mass is 10.0. The first-order valence-electron chi connectivity index (χ1n) is 5.99. The van der Waals surface area contributed by atoms with Crippen molar-refractivity contribution in [3.05, 3.63) is 20.8 Å². The SMILES string of the molecule is CC1CCN(c2nn(C)c(=O)n(C)c2=O)C1CO. The highest BCUT2D eigenvalue weighted by Gasteiger charge is 2.33. The quantitative estimate of drug-likeness (QED) is 0.708. The number of anilines is 1. The van der Waals surface area contributed by atoms with Gasteiger partial charge in [0.2, 0.25) is 5.82 Å². The van der Waals surface area contributed by atoms with E-state index in [1.165, 1.54) is 14.1 Å². The highest BCUT2D eigenvalue weighted by atomic mass is 16.3. The summed E-state index contributed by atoms with van der Waals surface area (Å²) in [6.07, 6.45) is 0.902. The van der Waals surface area contributed by atoms with Gasteiger partial charge < -0.3 is 10.0 Å². The van der Waals surface area contributed by atoms with Gasteiger partial charge in [0, 0.05) is 20.6 Å². The van der Waals surface area contributed by atoms with Crippen molar-refractivity contribution < 1.29 is 5.11 Å². The number of nitrogens with zero attached hydrogens (tertiary/aromatic N) is 4. The number of aliphatic hydroxyl groups is 1. The Hall–Kier alpha value is -1.63. The fourth-order valence-corrected chi connectivity index (χ4v) is 2.41. The van der Waals surface area contributed by atoms with Crippen molar-refractivity contribution in [3.63, 3.8) is 0 Å². The Morgan fingerprint density at radius 2 is 2.06 bits per heavy atom. The van der Waals surface area contributed by atoms with Crippen molar-refractivity contribution in [2.75, 3.05) is 18.1 Å². The van der Waals surface area contributed by atoms with Crippen LogP contribution in [0.2, 0.25) is 0 Å². The Bertz CT molecular complexity index is 562. The topological polar surface area (TPSA) is 80.4 Å². The minimum atomic E-state index is -0.448. The van der Waals surface area contributed by atoms with E-state index in [1.54, 1.807) is 4.90 Å². The van der Waals surface area contributed by atoms with Gasteiger partial charge in [0.1, 0.15) is 0 Å². The molecule has 1 N–H and O–H groups in total. The summed E-state index contributed by atoms with van der Waals surface area (Å²) < 4.78 is 2.19. The second-order valence-corrected chi connectivity index (χ2v) is 4.80.